The van der Waals surface area contributed by atoms with Crippen LogP contribution < -0.4 is 10.3 Å². The lowest BCUT2D eigenvalue weighted by molar-refractivity contribution is 0.415. The Bertz CT molecular complexity index is 1190. The molecule has 4 aromatic rings. The SMILES string of the molecule is COc1ccc2cc3c(nc2c1)-c1nc2ccccc2c(=O)n1C3. The molecule has 5 rings (SSSR count). The molecule has 0 saturated heterocycles. The quantitative estimate of drug-likeness (QED) is 0.477. The van der Waals surface area contributed by atoms with Crippen molar-refractivity contribution in [2.24, 2.45) is 0 Å². The number of nitrogens with zero attached hydrogens (tertiary/aromatic N) is 3. The summed E-state index contributed by atoms with van der Waals surface area (Å²) in [5.41, 5.74) is 3.32. The van der Waals surface area contributed by atoms with Crippen LogP contribution in [-0.4, -0.2) is 21.6 Å². The first kappa shape index (κ1) is 13.2. The van der Waals surface area contributed by atoms with Crippen LogP contribution in [0.15, 0.2) is 53.3 Å². The van der Waals surface area contributed by atoms with Crippen LogP contribution in [0.4, 0.5) is 0 Å². The van der Waals surface area contributed by atoms with Crippen LogP contribution >= 0.6 is 0 Å². The van der Waals surface area contributed by atoms with Crippen molar-refractivity contribution in [3.8, 4) is 17.3 Å². The van der Waals surface area contributed by atoms with Gasteiger partial charge in [0.2, 0.25) is 0 Å². The van der Waals surface area contributed by atoms with Crippen LogP contribution in [0.1, 0.15) is 5.56 Å². The van der Waals surface area contributed by atoms with Gasteiger partial charge in [-0.05, 0) is 30.3 Å². The second kappa shape index (κ2) is 4.64. The van der Waals surface area contributed by atoms with E-state index >= 15 is 0 Å². The van der Waals surface area contributed by atoms with Crippen LogP contribution in [0.5, 0.6) is 5.75 Å². The van der Waals surface area contributed by atoms with E-state index in [0.717, 1.165) is 27.9 Å². The third-order valence-corrected chi connectivity index (χ3v) is 4.51. The zero-order chi connectivity index (χ0) is 16.3. The summed E-state index contributed by atoms with van der Waals surface area (Å²) in [7, 11) is 1.64. The van der Waals surface area contributed by atoms with E-state index in [1.165, 1.54) is 0 Å². The number of hydrogen-bond donors (Lipinski definition) is 0. The van der Waals surface area contributed by atoms with Crippen molar-refractivity contribution < 1.29 is 4.74 Å². The van der Waals surface area contributed by atoms with Gasteiger partial charge in [0.1, 0.15) is 11.4 Å². The predicted molar refractivity (Wildman–Crippen MR) is 92.4 cm³/mol. The van der Waals surface area contributed by atoms with E-state index in [1.54, 1.807) is 11.7 Å². The summed E-state index contributed by atoms with van der Waals surface area (Å²) in [5.74, 6) is 1.40. The van der Waals surface area contributed by atoms with E-state index in [2.05, 4.69) is 11.1 Å². The van der Waals surface area contributed by atoms with Gasteiger partial charge >= 0.3 is 0 Å². The molecule has 1 aliphatic rings. The van der Waals surface area contributed by atoms with Gasteiger partial charge in [-0.1, -0.05) is 12.1 Å². The topological polar surface area (TPSA) is 57.0 Å². The number of methoxy groups -OCH3 is 1. The predicted octanol–water partition coefficient (Wildman–Crippen LogP) is 2.98. The maximum atomic E-state index is 12.8. The summed E-state index contributed by atoms with van der Waals surface area (Å²) >= 11 is 0. The van der Waals surface area contributed by atoms with Crippen LogP contribution in [-0.2, 0) is 6.54 Å². The lowest BCUT2D eigenvalue weighted by Gasteiger charge is -2.05. The summed E-state index contributed by atoms with van der Waals surface area (Å²) in [6.07, 6.45) is 0. The third kappa shape index (κ3) is 1.72. The molecule has 116 valence electrons. The summed E-state index contributed by atoms with van der Waals surface area (Å²) in [6.45, 7) is 0.510. The molecule has 0 spiro atoms. The molecule has 2 aromatic heterocycles. The maximum Gasteiger partial charge on any atom is 0.262 e. The van der Waals surface area contributed by atoms with Crippen molar-refractivity contribution in [2.45, 2.75) is 6.54 Å². The number of ether oxygens (including phenoxy) is 1. The number of fused-ring (bicyclic) bond motifs is 5. The molecular formula is C19H13N3O2. The Balaban J connectivity index is 1.83. The Morgan fingerprint density at radius 3 is 2.79 bits per heavy atom. The Hall–Kier alpha value is -3.21. The van der Waals surface area contributed by atoms with Gasteiger partial charge in [0.25, 0.3) is 5.56 Å². The summed E-state index contributed by atoms with van der Waals surface area (Å²) in [6, 6.07) is 15.3. The first-order valence-corrected chi connectivity index (χ1v) is 7.72. The highest BCUT2D eigenvalue weighted by atomic mass is 16.5. The van der Waals surface area contributed by atoms with Gasteiger partial charge in [0.05, 0.1) is 30.1 Å². The van der Waals surface area contributed by atoms with Crippen molar-refractivity contribution in [1.29, 1.82) is 0 Å². The molecule has 0 aliphatic carbocycles. The van der Waals surface area contributed by atoms with E-state index < -0.39 is 0 Å². The fraction of sp³-hybridized carbons (Fsp3) is 0.105. The van der Waals surface area contributed by atoms with Crippen molar-refractivity contribution >= 4 is 21.8 Å². The molecule has 0 radical (unpaired) electrons. The van der Waals surface area contributed by atoms with Gasteiger partial charge in [0, 0.05) is 17.0 Å². The average Bonchev–Trinajstić information content (AvgIpc) is 2.97. The molecule has 0 N–H and O–H groups in total. The van der Waals surface area contributed by atoms with E-state index in [0.29, 0.717) is 23.3 Å². The molecule has 0 bridgehead atoms. The summed E-state index contributed by atoms with van der Waals surface area (Å²) < 4.78 is 6.98. The highest BCUT2D eigenvalue weighted by Crippen LogP contribution is 2.32. The first-order valence-electron chi connectivity index (χ1n) is 7.72. The standard InChI is InChI=1S/C19H13N3O2/c1-24-13-7-6-11-8-12-10-22-18(17(12)20-16(11)9-13)21-15-5-3-2-4-14(15)19(22)23/h2-9H,10H2,1H3. The zero-order valence-corrected chi connectivity index (χ0v) is 13.0. The van der Waals surface area contributed by atoms with Crippen molar-refractivity contribution in [3.05, 3.63) is 64.4 Å². The summed E-state index contributed by atoms with van der Waals surface area (Å²) in [5, 5.41) is 1.67. The number of rotatable bonds is 1. The molecule has 3 heterocycles. The third-order valence-electron chi connectivity index (χ3n) is 4.51. The average molecular weight is 315 g/mol. The molecular weight excluding hydrogens is 302 g/mol. The fourth-order valence-corrected chi connectivity index (χ4v) is 3.30. The molecule has 0 unspecified atom stereocenters. The fourth-order valence-electron chi connectivity index (χ4n) is 3.30. The van der Waals surface area contributed by atoms with E-state index in [9.17, 15) is 4.79 Å². The maximum absolute atomic E-state index is 12.8. The molecule has 5 nitrogen and oxygen atoms in total. The largest absolute Gasteiger partial charge is 0.497 e. The smallest absolute Gasteiger partial charge is 0.262 e. The number of benzene rings is 2. The van der Waals surface area contributed by atoms with Gasteiger partial charge in [-0.15, -0.1) is 0 Å². The normalized spacial score (nSPS) is 12.4. The highest BCUT2D eigenvalue weighted by Gasteiger charge is 2.24. The van der Waals surface area contributed by atoms with Crippen LogP contribution in [0.3, 0.4) is 0 Å². The van der Waals surface area contributed by atoms with Crippen LogP contribution in [0.25, 0.3) is 33.3 Å². The van der Waals surface area contributed by atoms with Crippen LogP contribution in [0, 0.1) is 0 Å². The van der Waals surface area contributed by atoms with Gasteiger partial charge < -0.3 is 4.74 Å². The number of aromatic nitrogens is 3. The Kier molecular flexibility index (Phi) is 2.56. The van der Waals surface area contributed by atoms with Gasteiger partial charge in [0.15, 0.2) is 5.82 Å². The summed E-state index contributed by atoms with van der Waals surface area (Å²) in [4.78, 5) is 22.2. The second-order valence-corrected chi connectivity index (χ2v) is 5.90. The second-order valence-electron chi connectivity index (χ2n) is 5.90. The van der Waals surface area contributed by atoms with Crippen molar-refractivity contribution in [1.82, 2.24) is 14.5 Å². The Labute approximate surface area is 137 Å². The monoisotopic (exact) mass is 315 g/mol. The Morgan fingerprint density at radius 2 is 1.92 bits per heavy atom. The Morgan fingerprint density at radius 1 is 1.04 bits per heavy atom. The molecule has 1 aliphatic heterocycles. The van der Waals surface area contributed by atoms with Crippen LogP contribution in [0.2, 0.25) is 0 Å². The molecule has 0 amide bonds. The first-order chi connectivity index (χ1) is 11.7. The minimum absolute atomic E-state index is 0.0183. The molecule has 2 aromatic carbocycles. The lowest BCUT2D eigenvalue weighted by Crippen LogP contribution is -2.20. The lowest BCUT2D eigenvalue weighted by atomic mass is 10.1. The van der Waals surface area contributed by atoms with Crippen molar-refractivity contribution in [2.75, 3.05) is 7.11 Å². The molecule has 0 saturated carbocycles. The van der Waals surface area contributed by atoms with E-state index in [-0.39, 0.29) is 5.56 Å². The van der Waals surface area contributed by atoms with Gasteiger partial charge in [-0.25, -0.2) is 9.97 Å². The number of para-hydroxylation sites is 1. The van der Waals surface area contributed by atoms with Gasteiger partial charge in [-0.3, -0.25) is 9.36 Å². The molecule has 24 heavy (non-hydrogen) atoms. The van der Waals surface area contributed by atoms with E-state index in [1.807, 2.05) is 42.5 Å². The molecule has 0 fully saturated rings. The minimum atomic E-state index is -0.0183. The van der Waals surface area contributed by atoms with E-state index in [4.69, 9.17) is 9.72 Å². The number of hydrogen-bond acceptors (Lipinski definition) is 4. The van der Waals surface area contributed by atoms with Gasteiger partial charge in [-0.2, -0.15) is 0 Å². The number of pyridine rings is 1. The molecule has 0 atom stereocenters. The highest BCUT2D eigenvalue weighted by molar-refractivity contribution is 5.86. The molecule has 5 heteroatoms. The zero-order valence-electron chi connectivity index (χ0n) is 13.0. The minimum Gasteiger partial charge on any atom is -0.497 e. The van der Waals surface area contributed by atoms with Crippen molar-refractivity contribution in [3.63, 3.8) is 0 Å².